The summed E-state index contributed by atoms with van der Waals surface area (Å²) in [6, 6.07) is 6.62. The van der Waals surface area contributed by atoms with Gasteiger partial charge in [-0.3, -0.25) is 0 Å². The van der Waals surface area contributed by atoms with E-state index in [4.69, 9.17) is 0 Å². The Kier molecular flexibility index (Phi) is 4.68. The number of hydrogen-bond donors (Lipinski definition) is 2. The molecule has 0 amide bonds. The van der Waals surface area contributed by atoms with Gasteiger partial charge in [-0.1, -0.05) is 26.0 Å². The summed E-state index contributed by atoms with van der Waals surface area (Å²) in [5.74, 6) is 1.30. The second-order valence-electron chi connectivity index (χ2n) is 5.19. The minimum absolute atomic E-state index is 0.206. The average molecular weight is 261 g/mol. The van der Waals surface area contributed by atoms with Crippen LogP contribution in [0.4, 0.5) is 4.39 Å². The Labute approximate surface area is 113 Å². The Bertz CT molecular complexity index is 520. The SMILES string of the molecule is CC(C)CNCc1cnc(Cc2cccc(F)c2)[nH]1. The number of rotatable bonds is 6. The summed E-state index contributed by atoms with van der Waals surface area (Å²) in [4.78, 5) is 7.58. The van der Waals surface area contributed by atoms with Gasteiger partial charge in [-0.15, -0.1) is 0 Å². The zero-order valence-electron chi connectivity index (χ0n) is 11.4. The van der Waals surface area contributed by atoms with E-state index in [0.29, 0.717) is 12.3 Å². The molecule has 2 N–H and O–H groups in total. The third-order valence-corrected chi connectivity index (χ3v) is 2.81. The van der Waals surface area contributed by atoms with Crippen LogP contribution in [0.25, 0.3) is 0 Å². The highest BCUT2D eigenvalue weighted by atomic mass is 19.1. The molecule has 0 saturated carbocycles. The lowest BCUT2D eigenvalue weighted by atomic mass is 10.1. The molecule has 0 spiro atoms. The van der Waals surface area contributed by atoms with Gasteiger partial charge >= 0.3 is 0 Å². The molecule has 2 rings (SSSR count). The van der Waals surface area contributed by atoms with Crippen molar-refractivity contribution in [3.05, 3.63) is 53.4 Å². The molecule has 102 valence electrons. The van der Waals surface area contributed by atoms with Crippen molar-refractivity contribution >= 4 is 0 Å². The summed E-state index contributed by atoms with van der Waals surface area (Å²) < 4.78 is 13.1. The van der Waals surface area contributed by atoms with E-state index >= 15 is 0 Å². The van der Waals surface area contributed by atoms with Gasteiger partial charge < -0.3 is 10.3 Å². The quantitative estimate of drug-likeness (QED) is 0.839. The predicted octanol–water partition coefficient (Wildman–Crippen LogP) is 2.89. The summed E-state index contributed by atoms with van der Waals surface area (Å²) in [6.07, 6.45) is 2.46. The molecule has 0 atom stereocenters. The molecule has 0 aliphatic heterocycles. The van der Waals surface area contributed by atoms with Crippen molar-refractivity contribution in [1.82, 2.24) is 15.3 Å². The van der Waals surface area contributed by atoms with Crippen LogP contribution in [-0.4, -0.2) is 16.5 Å². The molecule has 1 aromatic heterocycles. The molecule has 0 fully saturated rings. The number of halogens is 1. The molecule has 1 heterocycles. The van der Waals surface area contributed by atoms with Gasteiger partial charge in [0.2, 0.25) is 0 Å². The van der Waals surface area contributed by atoms with Crippen molar-refractivity contribution in [3.63, 3.8) is 0 Å². The van der Waals surface area contributed by atoms with Gasteiger partial charge in [-0.25, -0.2) is 9.37 Å². The van der Waals surface area contributed by atoms with Gasteiger partial charge in [0.25, 0.3) is 0 Å². The lowest BCUT2D eigenvalue weighted by Crippen LogP contribution is -2.19. The number of nitrogens with one attached hydrogen (secondary N) is 2. The van der Waals surface area contributed by atoms with Crippen molar-refractivity contribution in [1.29, 1.82) is 0 Å². The van der Waals surface area contributed by atoms with Crippen LogP contribution in [0.3, 0.4) is 0 Å². The number of H-pyrrole nitrogens is 1. The van der Waals surface area contributed by atoms with Crippen LogP contribution in [-0.2, 0) is 13.0 Å². The van der Waals surface area contributed by atoms with Gasteiger partial charge in [0.05, 0.1) is 0 Å². The van der Waals surface area contributed by atoms with Crippen molar-refractivity contribution in [2.45, 2.75) is 26.8 Å². The van der Waals surface area contributed by atoms with E-state index in [0.717, 1.165) is 30.2 Å². The van der Waals surface area contributed by atoms with Crippen molar-refractivity contribution in [3.8, 4) is 0 Å². The van der Waals surface area contributed by atoms with Crippen molar-refractivity contribution in [2.75, 3.05) is 6.54 Å². The molecule has 0 unspecified atom stereocenters. The van der Waals surface area contributed by atoms with Crippen LogP contribution in [0.2, 0.25) is 0 Å². The Morgan fingerprint density at radius 2 is 2.21 bits per heavy atom. The maximum absolute atomic E-state index is 13.1. The van der Waals surface area contributed by atoms with E-state index in [2.05, 4.69) is 29.1 Å². The Morgan fingerprint density at radius 1 is 1.37 bits per heavy atom. The molecule has 1 aromatic carbocycles. The zero-order valence-corrected chi connectivity index (χ0v) is 11.4. The standard InChI is InChI=1S/C15H20FN3/c1-11(2)8-17-9-14-10-18-15(19-14)7-12-4-3-5-13(16)6-12/h3-6,10-11,17H,7-9H2,1-2H3,(H,18,19). The Hall–Kier alpha value is -1.68. The monoisotopic (exact) mass is 261 g/mol. The second kappa shape index (κ2) is 6.48. The van der Waals surface area contributed by atoms with Gasteiger partial charge in [-0.2, -0.15) is 0 Å². The number of imidazole rings is 1. The highest BCUT2D eigenvalue weighted by Gasteiger charge is 2.03. The van der Waals surface area contributed by atoms with E-state index < -0.39 is 0 Å². The maximum atomic E-state index is 13.1. The predicted molar refractivity (Wildman–Crippen MR) is 74.3 cm³/mol. The minimum atomic E-state index is -0.206. The van der Waals surface area contributed by atoms with E-state index in [9.17, 15) is 4.39 Å². The van der Waals surface area contributed by atoms with Crippen LogP contribution >= 0.6 is 0 Å². The normalized spacial score (nSPS) is 11.2. The summed E-state index contributed by atoms with van der Waals surface area (Å²) >= 11 is 0. The first kappa shape index (κ1) is 13.7. The zero-order chi connectivity index (χ0) is 13.7. The first-order chi connectivity index (χ1) is 9.13. The highest BCUT2D eigenvalue weighted by Crippen LogP contribution is 2.08. The highest BCUT2D eigenvalue weighted by molar-refractivity contribution is 5.20. The molecule has 0 radical (unpaired) electrons. The van der Waals surface area contributed by atoms with Crippen molar-refractivity contribution < 1.29 is 4.39 Å². The number of nitrogens with zero attached hydrogens (tertiary/aromatic N) is 1. The molecule has 3 nitrogen and oxygen atoms in total. The average Bonchev–Trinajstić information content (AvgIpc) is 2.76. The summed E-state index contributed by atoms with van der Waals surface area (Å²) in [7, 11) is 0. The van der Waals surface area contributed by atoms with Crippen LogP contribution in [0.5, 0.6) is 0 Å². The van der Waals surface area contributed by atoms with Crippen LogP contribution < -0.4 is 5.32 Å². The van der Waals surface area contributed by atoms with E-state index in [1.807, 2.05) is 12.3 Å². The molecule has 0 aliphatic carbocycles. The molecule has 2 aromatic rings. The summed E-state index contributed by atoms with van der Waals surface area (Å²) in [5, 5.41) is 3.36. The lowest BCUT2D eigenvalue weighted by Gasteiger charge is -2.05. The minimum Gasteiger partial charge on any atom is -0.345 e. The summed E-state index contributed by atoms with van der Waals surface area (Å²) in [6.45, 7) is 6.12. The first-order valence-electron chi connectivity index (χ1n) is 6.61. The largest absolute Gasteiger partial charge is 0.345 e. The van der Waals surface area contributed by atoms with Crippen LogP contribution in [0.1, 0.15) is 30.9 Å². The van der Waals surface area contributed by atoms with Crippen LogP contribution in [0.15, 0.2) is 30.5 Å². The molecular weight excluding hydrogens is 241 g/mol. The number of benzene rings is 1. The van der Waals surface area contributed by atoms with Gasteiger partial charge in [0.15, 0.2) is 0 Å². The topological polar surface area (TPSA) is 40.7 Å². The third-order valence-electron chi connectivity index (χ3n) is 2.81. The molecule has 0 saturated heterocycles. The van der Waals surface area contributed by atoms with E-state index in [1.165, 1.54) is 6.07 Å². The summed E-state index contributed by atoms with van der Waals surface area (Å²) in [5.41, 5.74) is 1.99. The Morgan fingerprint density at radius 3 is 2.95 bits per heavy atom. The molecule has 0 bridgehead atoms. The van der Waals surface area contributed by atoms with Gasteiger partial charge in [0.1, 0.15) is 11.6 Å². The lowest BCUT2D eigenvalue weighted by molar-refractivity contribution is 0.548. The van der Waals surface area contributed by atoms with Gasteiger partial charge in [0, 0.05) is 24.9 Å². The van der Waals surface area contributed by atoms with Crippen molar-refractivity contribution in [2.24, 2.45) is 5.92 Å². The molecular formula is C15H20FN3. The fourth-order valence-electron chi connectivity index (χ4n) is 1.92. The van der Waals surface area contributed by atoms with E-state index in [-0.39, 0.29) is 5.82 Å². The fraction of sp³-hybridized carbons (Fsp3) is 0.400. The second-order valence-corrected chi connectivity index (χ2v) is 5.19. The third kappa shape index (κ3) is 4.48. The van der Waals surface area contributed by atoms with E-state index in [1.54, 1.807) is 12.1 Å². The maximum Gasteiger partial charge on any atom is 0.123 e. The number of aromatic nitrogens is 2. The van der Waals surface area contributed by atoms with Gasteiger partial charge in [-0.05, 0) is 30.2 Å². The molecule has 0 aliphatic rings. The van der Waals surface area contributed by atoms with Crippen LogP contribution in [0, 0.1) is 11.7 Å². The smallest absolute Gasteiger partial charge is 0.123 e. The fourth-order valence-corrected chi connectivity index (χ4v) is 1.92. The molecule has 4 heteroatoms. The molecule has 19 heavy (non-hydrogen) atoms. The first-order valence-corrected chi connectivity index (χ1v) is 6.61. The number of hydrogen-bond acceptors (Lipinski definition) is 2. The number of aromatic amines is 1. The Balaban J connectivity index is 1.90.